The van der Waals surface area contributed by atoms with Crippen LogP contribution in [0, 0.1) is 0 Å². The molecule has 3 nitrogen and oxygen atoms in total. The first-order chi connectivity index (χ1) is 3.93. The molecule has 1 aliphatic rings. The zero-order valence-electron chi connectivity index (χ0n) is 4.66. The van der Waals surface area contributed by atoms with Crippen molar-refractivity contribution >= 4 is 6.21 Å². The summed E-state index contributed by atoms with van der Waals surface area (Å²) in [6.07, 6.45) is 5.13. The molecule has 0 aromatic heterocycles. The SMILES string of the molecule is COC1N=CC=CN1. The van der Waals surface area contributed by atoms with Gasteiger partial charge in [-0.3, -0.25) is 0 Å². The summed E-state index contributed by atoms with van der Waals surface area (Å²) in [5.74, 6) is 0. The Balaban J connectivity index is 2.40. The van der Waals surface area contributed by atoms with Gasteiger partial charge in [0.2, 0.25) is 6.35 Å². The van der Waals surface area contributed by atoms with Gasteiger partial charge in [-0.05, 0) is 6.08 Å². The average molecular weight is 112 g/mol. The predicted octanol–water partition coefficient (Wildman–Crippen LogP) is 0.104. The molecule has 1 heterocycles. The van der Waals surface area contributed by atoms with Crippen molar-refractivity contribution < 1.29 is 4.74 Å². The molecule has 0 spiro atoms. The molecule has 0 fully saturated rings. The van der Waals surface area contributed by atoms with Crippen LogP contribution >= 0.6 is 0 Å². The number of nitrogens with one attached hydrogen (secondary N) is 1. The highest BCUT2D eigenvalue weighted by Crippen LogP contribution is 1.88. The van der Waals surface area contributed by atoms with Crippen LogP contribution in [0.5, 0.6) is 0 Å². The highest BCUT2D eigenvalue weighted by Gasteiger charge is 1.98. The van der Waals surface area contributed by atoms with E-state index in [1.807, 2.05) is 6.08 Å². The van der Waals surface area contributed by atoms with E-state index in [1.54, 1.807) is 19.5 Å². The van der Waals surface area contributed by atoms with Crippen LogP contribution in [0.2, 0.25) is 0 Å². The molecular weight excluding hydrogens is 104 g/mol. The summed E-state index contributed by atoms with van der Waals surface area (Å²) in [4.78, 5) is 3.90. The largest absolute Gasteiger partial charge is 0.348 e. The van der Waals surface area contributed by atoms with Gasteiger partial charge in [-0.15, -0.1) is 0 Å². The van der Waals surface area contributed by atoms with Crippen LogP contribution in [0.3, 0.4) is 0 Å². The van der Waals surface area contributed by atoms with Crippen LogP contribution in [0.25, 0.3) is 0 Å². The number of nitrogens with zero attached hydrogens (tertiary/aromatic N) is 1. The van der Waals surface area contributed by atoms with Gasteiger partial charge in [0, 0.05) is 19.5 Å². The van der Waals surface area contributed by atoms with Crippen molar-refractivity contribution in [2.45, 2.75) is 6.35 Å². The van der Waals surface area contributed by atoms with Crippen LogP contribution in [-0.2, 0) is 4.74 Å². The molecule has 8 heavy (non-hydrogen) atoms. The summed E-state index contributed by atoms with van der Waals surface area (Å²) in [6, 6.07) is 0. The summed E-state index contributed by atoms with van der Waals surface area (Å²) in [5, 5.41) is 2.87. The third kappa shape index (κ3) is 1.07. The van der Waals surface area contributed by atoms with Gasteiger partial charge in [0.1, 0.15) is 0 Å². The van der Waals surface area contributed by atoms with Crippen molar-refractivity contribution in [3.05, 3.63) is 12.3 Å². The average Bonchev–Trinajstić information content (AvgIpc) is 1.90. The standard InChI is InChI=1S/C5H8N2O/c1-8-5-6-3-2-4-7-5/h2-6H,1H3. The maximum Gasteiger partial charge on any atom is 0.224 e. The molecule has 1 aliphatic heterocycles. The van der Waals surface area contributed by atoms with Crippen molar-refractivity contribution in [3.8, 4) is 0 Å². The highest BCUT2D eigenvalue weighted by molar-refractivity contribution is 5.71. The van der Waals surface area contributed by atoms with E-state index in [1.165, 1.54) is 0 Å². The second-order valence-electron chi connectivity index (χ2n) is 1.41. The van der Waals surface area contributed by atoms with E-state index in [0.717, 1.165) is 0 Å². The van der Waals surface area contributed by atoms with Crippen LogP contribution in [-0.4, -0.2) is 19.7 Å². The molecule has 3 heteroatoms. The van der Waals surface area contributed by atoms with Crippen molar-refractivity contribution in [2.24, 2.45) is 4.99 Å². The third-order valence-corrected chi connectivity index (χ3v) is 0.866. The molecule has 0 radical (unpaired) electrons. The molecule has 1 atom stereocenters. The van der Waals surface area contributed by atoms with E-state index < -0.39 is 0 Å². The minimum atomic E-state index is -0.181. The predicted molar refractivity (Wildman–Crippen MR) is 31.6 cm³/mol. The zero-order valence-corrected chi connectivity index (χ0v) is 4.66. The minimum Gasteiger partial charge on any atom is -0.348 e. The summed E-state index contributed by atoms with van der Waals surface area (Å²) < 4.78 is 4.83. The Morgan fingerprint density at radius 1 is 1.75 bits per heavy atom. The molecule has 0 aromatic carbocycles. The molecule has 1 N–H and O–H groups in total. The van der Waals surface area contributed by atoms with Crippen molar-refractivity contribution in [1.29, 1.82) is 0 Å². The first-order valence-electron chi connectivity index (χ1n) is 2.40. The second kappa shape index (κ2) is 2.47. The van der Waals surface area contributed by atoms with E-state index in [0.29, 0.717) is 0 Å². The number of hydrogen-bond donors (Lipinski definition) is 1. The lowest BCUT2D eigenvalue weighted by Crippen LogP contribution is -2.25. The monoisotopic (exact) mass is 112 g/mol. The van der Waals surface area contributed by atoms with Crippen molar-refractivity contribution in [3.63, 3.8) is 0 Å². The van der Waals surface area contributed by atoms with Crippen LogP contribution in [0.4, 0.5) is 0 Å². The zero-order chi connectivity index (χ0) is 5.82. The molecule has 0 saturated carbocycles. The lowest BCUT2D eigenvalue weighted by molar-refractivity contribution is 0.0931. The van der Waals surface area contributed by atoms with Gasteiger partial charge >= 0.3 is 0 Å². The van der Waals surface area contributed by atoms with Crippen molar-refractivity contribution in [2.75, 3.05) is 7.11 Å². The van der Waals surface area contributed by atoms with Gasteiger partial charge in [0.05, 0.1) is 0 Å². The number of ether oxygens (including phenoxy) is 1. The lowest BCUT2D eigenvalue weighted by Gasteiger charge is -2.11. The maximum absolute atomic E-state index is 4.83. The van der Waals surface area contributed by atoms with E-state index in [9.17, 15) is 0 Å². The molecular formula is C5H8N2O. The molecule has 0 aliphatic carbocycles. The Bertz CT molecular complexity index is 120. The Labute approximate surface area is 48.1 Å². The third-order valence-electron chi connectivity index (χ3n) is 0.866. The molecule has 0 saturated heterocycles. The Morgan fingerprint density at radius 3 is 3.00 bits per heavy atom. The van der Waals surface area contributed by atoms with Gasteiger partial charge in [-0.2, -0.15) is 0 Å². The Morgan fingerprint density at radius 2 is 2.62 bits per heavy atom. The Kier molecular flexibility index (Phi) is 1.64. The van der Waals surface area contributed by atoms with Crippen LogP contribution in [0.15, 0.2) is 17.3 Å². The number of methoxy groups -OCH3 is 1. The van der Waals surface area contributed by atoms with E-state index in [-0.39, 0.29) is 6.35 Å². The molecule has 1 rings (SSSR count). The first kappa shape index (κ1) is 5.31. The van der Waals surface area contributed by atoms with Gasteiger partial charge in [0.25, 0.3) is 0 Å². The normalized spacial score (nSPS) is 25.4. The minimum absolute atomic E-state index is 0.181. The number of hydrogen-bond acceptors (Lipinski definition) is 3. The quantitative estimate of drug-likeness (QED) is 0.522. The van der Waals surface area contributed by atoms with Gasteiger partial charge in [-0.25, -0.2) is 4.99 Å². The summed E-state index contributed by atoms with van der Waals surface area (Å²) in [5.41, 5.74) is 0. The topological polar surface area (TPSA) is 33.6 Å². The smallest absolute Gasteiger partial charge is 0.224 e. The van der Waals surface area contributed by atoms with Crippen molar-refractivity contribution in [1.82, 2.24) is 5.32 Å². The number of aliphatic imine (C=N–C) groups is 1. The van der Waals surface area contributed by atoms with Gasteiger partial charge in [-0.1, -0.05) is 0 Å². The van der Waals surface area contributed by atoms with Gasteiger partial charge in [0.15, 0.2) is 0 Å². The summed E-state index contributed by atoms with van der Waals surface area (Å²) in [7, 11) is 1.61. The maximum atomic E-state index is 4.83. The summed E-state index contributed by atoms with van der Waals surface area (Å²) >= 11 is 0. The van der Waals surface area contributed by atoms with E-state index in [2.05, 4.69) is 10.3 Å². The van der Waals surface area contributed by atoms with E-state index in [4.69, 9.17) is 4.74 Å². The molecule has 0 bridgehead atoms. The number of allylic oxidation sites excluding steroid dienone is 1. The molecule has 0 amide bonds. The first-order valence-corrected chi connectivity index (χ1v) is 2.40. The van der Waals surface area contributed by atoms with Gasteiger partial charge < -0.3 is 10.1 Å². The number of rotatable bonds is 1. The molecule has 1 unspecified atom stereocenters. The molecule has 44 valence electrons. The molecule has 0 aromatic rings. The van der Waals surface area contributed by atoms with Crippen LogP contribution < -0.4 is 5.32 Å². The fraction of sp³-hybridized carbons (Fsp3) is 0.400. The fourth-order valence-electron chi connectivity index (χ4n) is 0.481. The fourth-order valence-corrected chi connectivity index (χ4v) is 0.481. The highest BCUT2D eigenvalue weighted by atomic mass is 16.5. The second-order valence-corrected chi connectivity index (χ2v) is 1.41. The van der Waals surface area contributed by atoms with E-state index >= 15 is 0 Å². The lowest BCUT2D eigenvalue weighted by atomic mass is 10.6. The Hall–Kier alpha value is -0.830. The van der Waals surface area contributed by atoms with Crippen LogP contribution in [0.1, 0.15) is 0 Å². The summed E-state index contributed by atoms with van der Waals surface area (Å²) in [6.45, 7) is 0.